The summed E-state index contributed by atoms with van der Waals surface area (Å²) in [7, 11) is 0. The minimum Gasteiger partial charge on any atom is -0.352 e. The lowest BCUT2D eigenvalue weighted by atomic mass is 9.77. The Balaban J connectivity index is 1.26. The molecule has 0 spiro atoms. The van der Waals surface area contributed by atoms with Crippen LogP contribution in [-0.2, 0) is 19.3 Å². The van der Waals surface area contributed by atoms with E-state index in [1.54, 1.807) is 35.0 Å². The van der Waals surface area contributed by atoms with Gasteiger partial charge in [0.25, 0.3) is 11.5 Å². The SMILES string of the molecule is O=C(NCC1CCCC2NNCC12)c1cn(Cc2ccc(Cn3ccccc3=O)cc2)nc1C(F)(F)F. The highest BCUT2D eigenvalue weighted by atomic mass is 19.4. The Bertz CT molecular complexity index is 1300. The lowest BCUT2D eigenvalue weighted by Gasteiger charge is -2.32. The van der Waals surface area contributed by atoms with Gasteiger partial charge in [-0.1, -0.05) is 36.8 Å². The molecule has 1 amide bonds. The van der Waals surface area contributed by atoms with Crippen molar-refractivity contribution in [3.05, 3.63) is 87.6 Å². The van der Waals surface area contributed by atoms with Crippen LogP contribution in [-0.4, -0.2) is 39.4 Å². The summed E-state index contributed by atoms with van der Waals surface area (Å²) >= 11 is 0. The van der Waals surface area contributed by atoms with Crippen LogP contribution in [0.4, 0.5) is 13.2 Å². The molecule has 37 heavy (non-hydrogen) atoms. The van der Waals surface area contributed by atoms with Crippen molar-refractivity contribution in [3.63, 3.8) is 0 Å². The zero-order chi connectivity index (χ0) is 26.0. The number of carbonyl (C=O) groups is 1. The average molecular weight is 515 g/mol. The van der Waals surface area contributed by atoms with Gasteiger partial charge in [-0.25, -0.2) is 0 Å². The lowest BCUT2D eigenvalue weighted by Crippen LogP contribution is -2.41. The van der Waals surface area contributed by atoms with E-state index in [2.05, 4.69) is 21.3 Å². The fraction of sp³-hybridized carbons (Fsp3) is 0.423. The van der Waals surface area contributed by atoms with Crippen LogP contribution in [0.3, 0.4) is 0 Å². The number of halogens is 3. The highest BCUT2D eigenvalue weighted by molar-refractivity contribution is 5.95. The Morgan fingerprint density at radius 1 is 1.08 bits per heavy atom. The predicted octanol–water partition coefficient (Wildman–Crippen LogP) is 2.78. The van der Waals surface area contributed by atoms with Gasteiger partial charge in [-0.2, -0.15) is 18.3 Å². The second kappa shape index (κ2) is 10.5. The number of nitrogens with one attached hydrogen (secondary N) is 3. The van der Waals surface area contributed by atoms with Crippen LogP contribution in [0.5, 0.6) is 0 Å². The Labute approximate surface area is 211 Å². The molecule has 2 aromatic heterocycles. The van der Waals surface area contributed by atoms with Crippen LogP contribution in [0.25, 0.3) is 0 Å². The van der Waals surface area contributed by atoms with Crippen molar-refractivity contribution in [1.82, 2.24) is 30.5 Å². The van der Waals surface area contributed by atoms with Crippen LogP contribution < -0.4 is 21.7 Å². The quantitative estimate of drug-likeness (QED) is 0.451. The number of rotatable bonds is 7. The number of pyridine rings is 1. The minimum absolute atomic E-state index is 0.0750. The lowest BCUT2D eigenvalue weighted by molar-refractivity contribution is -0.141. The van der Waals surface area contributed by atoms with Crippen LogP contribution in [0.15, 0.2) is 59.7 Å². The number of fused-ring (bicyclic) bond motifs is 1. The van der Waals surface area contributed by atoms with E-state index in [9.17, 15) is 22.8 Å². The first-order valence-corrected chi connectivity index (χ1v) is 12.4. The number of aromatic nitrogens is 3. The molecule has 1 aliphatic heterocycles. The predicted molar refractivity (Wildman–Crippen MR) is 131 cm³/mol. The third-order valence-corrected chi connectivity index (χ3v) is 7.26. The van der Waals surface area contributed by atoms with Crippen LogP contribution in [0.1, 0.15) is 46.4 Å². The number of carbonyl (C=O) groups excluding carboxylic acids is 1. The summed E-state index contributed by atoms with van der Waals surface area (Å²) in [4.78, 5) is 24.7. The normalized spacial score (nSPS) is 21.5. The molecule has 1 aromatic carbocycles. The molecule has 1 saturated carbocycles. The topological polar surface area (TPSA) is 93.0 Å². The van der Waals surface area contributed by atoms with Gasteiger partial charge in [0.05, 0.1) is 18.7 Å². The summed E-state index contributed by atoms with van der Waals surface area (Å²) in [6, 6.07) is 12.5. The highest BCUT2D eigenvalue weighted by Gasteiger charge is 2.40. The van der Waals surface area contributed by atoms with E-state index >= 15 is 0 Å². The molecule has 1 aliphatic carbocycles. The molecule has 196 valence electrons. The molecular formula is C26H29F3N6O2. The van der Waals surface area contributed by atoms with Crippen molar-refractivity contribution in [3.8, 4) is 0 Å². The molecule has 2 aliphatic rings. The molecule has 2 fully saturated rings. The smallest absolute Gasteiger partial charge is 0.352 e. The number of alkyl halides is 3. The maximum atomic E-state index is 13.7. The largest absolute Gasteiger partial charge is 0.435 e. The van der Waals surface area contributed by atoms with Gasteiger partial charge in [-0.3, -0.25) is 25.1 Å². The third-order valence-electron chi connectivity index (χ3n) is 7.26. The number of hydrazine groups is 1. The molecule has 3 atom stereocenters. The Morgan fingerprint density at radius 2 is 1.84 bits per heavy atom. The van der Waals surface area contributed by atoms with Gasteiger partial charge >= 0.3 is 6.18 Å². The number of nitrogens with zero attached hydrogens (tertiary/aromatic N) is 3. The fourth-order valence-corrected chi connectivity index (χ4v) is 5.33. The Hall–Kier alpha value is -3.44. The fourth-order valence-electron chi connectivity index (χ4n) is 5.33. The molecule has 11 heteroatoms. The Kier molecular flexibility index (Phi) is 7.16. The van der Waals surface area contributed by atoms with Crippen molar-refractivity contribution < 1.29 is 18.0 Å². The zero-order valence-corrected chi connectivity index (χ0v) is 20.2. The third kappa shape index (κ3) is 5.78. The van der Waals surface area contributed by atoms with E-state index in [0.717, 1.165) is 47.8 Å². The van der Waals surface area contributed by atoms with Gasteiger partial charge < -0.3 is 9.88 Å². The summed E-state index contributed by atoms with van der Waals surface area (Å²) in [5, 5.41) is 6.44. The van der Waals surface area contributed by atoms with E-state index < -0.39 is 23.3 Å². The zero-order valence-electron chi connectivity index (χ0n) is 20.2. The van der Waals surface area contributed by atoms with Crippen LogP contribution in [0, 0.1) is 11.8 Å². The van der Waals surface area contributed by atoms with Crippen molar-refractivity contribution in [1.29, 1.82) is 0 Å². The molecule has 3 N–H and O–H groups in total. The van der Waals surface area contributed by atoms with Gasteiger partial charge in [-0.15, -0.1) is 0 Å². The van der Waals surface area contributed by atoms with Crippen molar-refractivity contribution in [2.45, 2.75) is 44.6 Å². The summed E-state index contributed by atoms with van der Waals surface area (Å²) in [5.41, 5.74) is 6.22. The van der Waals surface area contributed by atoms with Gasteiger partial charge in [0.15, 0.2) is 5.69 Å². The van der Waals surface area contributed by atoms with Crippen LogP contribution >= 0.6 is 0 Å². The average Bonchev–Trinajstić information content (AvgIpc) is 3.53. The molecule has 3 aromatic rings. The molecule has 1 saturated heterocycles. The maximum Gasteiger partial charge on any atom is 0.435 e. The van der Waals surface area contributed by atoms with E-state index in [4.69, 9.17) is 0 Å². The van der Waals surface area contributed by atoms with Gasteiger partial charge in [0.2, 0.25) is 0 Å². The minimum atomic E-state index is -4.75. The molecule has 3 unspecified atom stereocenters. The second-order valence-corrected chi connectivity index (χ2v) is 9.77. The van der Waals surface area contributed by atoms with Crippen molar-refractivity contribution >= 4 is 5.91 Å². The van der Waals surface area contributed by atoms with Crippen molar-refractivity contribution in [2.24, 2.45) is 11.8 Å². The summed E-state index contributed by atoms with van der Waals surface area (Å²) in [6.45, 7) is 1.58. The van der Waals surface area contributed by atoms with Crippen LogP contribution in [0.2, 0.25) is 0 Å². The van der Waals surface area contributed by atoms with Gasteiger partial charge in [0, 0.05) is 37.6 Å². The number of benzene rings is 1. The van der Waals surface area contributed by atoms with E-state index in [-0.39, 0.29) is 18.0 Å². The molecule has 5 rings (SSSR count). The monoisotopic (exact) mass is 514 g/mol. The summed E-state index contributed by atoms with van der Waals surface area (Å²) < 4.78 is 43.9. The Morgan fingerprint density at radius 3 is 2.57 bits per heavy atom. The first kappa shape index (κ1) is 25.2. The molecule has 8 nitrogen and oxygen atoms in total. The molecule has 3 heterocycles. The maximum absolute atomic E-state index is 13.7. The standard InChI is InChI=1S/C26H29F3N6O2/c27-26(28,29)24-21(25(37)30-12-19-4-3-5-22-20(19)13-31-32-22)16-35(33-24)15-18-9-7-17(8-10-18)14-34-11-2-1-6-23(34)36/h1-2,6-11,16,19-20,22,31-32H,3-5,12-15H2,(H,30,37). The highest BCUT2D eigenvalue weighted by Crippen LogP contribution is 2.33. The van der Waals surface area contributed by atoms with Gasteiger partial charge in [0.1, 0.15) is 0 Å². The summed E-state index contributed by atoms with van der Waals surface area (Å²) in [5.74, 6) is -0.203. The van der Waals surface area contributed by atoms with E-state index in [0.29, 0.717) is 25.0 Å². The number of amides is 1. The van der Waals surface area contributed by atoms with E-state index in [1.807, 2.05) is 12.1 Å². The first-order chi connectivity index (χ1) is 17.8. The molecular weight excluding hydrogens is 485 g/mol. The number of hydrogen-bond donors (Lipinski definition) is 3. The first-order valence-electron chi connectivity index (χ1n) is 12.4. The summed E-state index contributed by atoms with van der Waals surface area (Å²) in [6.07, 6.45) is 1.12. The van der Waals surface area contributed by atoms with Crippen molar-refractivity contribution in [2.75, 3.05) is 13.1 Å². The second-order valence-electron chi connectivity index (χ2n) is 9.77. The molecule has 0 radical (unpaired) electrons. The molecule has 0 bridgehead atoms. The van der Waals surface area contributed by atoms with Gasteiger partial charge in [-0.05, 0) is 41.9 Å². The number of hydrogen-bond acceptors (Lipinski definition) is 5. The van der Waals surface area contributed by atoms with E-state index in [1.165, 1.54) is 6.07 Å².